The lowest BCUT2D eigenvalue weighted by molar-refractivity contribution is -0.135. The molecule has 1 atom stereocenters. The van der Waals surface area contributed by atoms with E-state index >= 15 is 0 Å². The van der Waals surface area contributed by atoms with Crippen LogP contribution in [0.5, 0.6) is 0 Å². The van der Waals surface area contributed by atoms with E-state index in [9.17, 15) is 13.6 Å². The molecule has 0 aliphatic carbocycles. The Kier molecular flexibility index (Phi) is 3.42. The van der Waals surface area contributed by atoms with Gasteiger partial charge in [0.05, 0.1) is 12.5 Å². The number of likely N-dealkylation sites (tertiary alicyclic amines) is 1. The SMILES string of the molecule is CCC(CN)C(=O)N1CCC(F)(F)C1. The average molecular weight is 206 g/mol. The fourth-order valence-corrected chi connectivity index (χ4v) is 1.62. The van der Waals surface area contributed by atoms with Gasteiger partial charge in [0.1, 0.15) is 0 Å². The highest BCUT2D eigenvalue weighted by atomic mass is 19.3. The molecule has 82 valence electrons. The molecule has 0 aromatic heterocycles. The van der Waals surface area contributed by atoms with Crippen molar-refractivity contribution in [2.45, 2.75) is 25.7 Å². The summed E-state index contributed by atoms with van der Waals surface area (Å²) in [6.45, 7) is 1.78. The summed E-state index contributed by atoms with van der Waals surface area (Å²) in [7, 11) is 0. The maximum atomic E-state index is 12.8. The van der Waals surface area contributed by atoms with Crippen LogP contribution in [0, 0.1) is 5.92 Å². The fourth-order valence-electron chi connectivity index (χ4n) is 1.62. The third-order valence-electron chi connectivity index (χ3n) is 2.61. The molecule has 0 aromatic rings. The van der Waals surface area contributed by atoms with Gasteiger partial charge in [-0.2, -0.15) is 0 Å². The van der Waals surface area contributed by atoms with E-state index in [1.807, 2.05) is 6.92 Å². The topological polar surface area (TPSA) is 46.3 Å². The molecule has 0 bridgehead atoms. The minimum Gasteiger partial charge on any atom is -0.336 e. The summed E-state index contributed by atoms with van der Waals surface area (Å²) < 4.78 is 25.6. The van der Waals surface area contributed by atoms with Crippen LogP contribution in [-0.4, -0.2) is 36.4 Å². The number of hydrogen-bond donors (Lipinski definition) is 1. The van der Waals surface area contributed by atoms with Crippen LogP contribution >= 0.6 is 0 Å². The fraction of sp³-hybridized carbons (Fsp3) is 0.889. The Labute approximate surface area is 82.2 Å². The number of carbonyl (C=O) groups excluding carboxylic acids is 1. The lowest BCUT2D eigenvalue weighted by atomic mass is 10.1. The molecule has 14 heavy (non-hydrogen) atoms. The highest BCUT2D eigenvalue weighted by molar-refractivity contribution is 5.79. The maximum absolute atomic E-state index is 12.8. The number of nitrogens with two attached hydrogens (primary N) is 1. The Hall–Kier alpha value is -0.710. The number of rotatable bonds is 3. The van der Waals surface area contributed by atoms with Gasteiger partial charge in [-0.15, -0.1) is 0 Å². The molecule has 1 saturated heterocycles. The zero-order valence-electron chi connectivity index (χ0n) is 8.30. The predicted octanol–water partition coefficient (Wildman–Crippen LogP) is 0.839. The molecular formula is C9H16F2N2O. The van der Waals surface area contributed by atoms with Crippen LogP contribution in [0.2, 0.25) is 0 Å². The highest BCUT2D eigenvalue weighted by Gasteiger charge is 2.41. The van der Waals surface area contributed by atoms with Gasteiger partial charge < -0.3 is 10.6 Å². The van der Waals surface area contributed by atoms with E-state index in [4.69, 9.17) is 5.73 Å². The molecule has 1 fully saturated rings. The summed E-state index contributed by atoms with van der Waals surface area (Å²) >= 11 is 0. The first-order valence-electron chi connectivity index (χ1n) is 4.87. The summed E-state index contributed by atoms with van der Waals surface area (Å²) in [6, 6.07) is 0. The van der Waals surface area contributed by atoms with Gasteiger partial charge in [0.25, 0.3) is 5.92 Å². The van der Waals surface area contributed by atoms with E-state index < -0.39 is 12.5 Å². The molecule has 0 saturated carbocycles. The van der Waals surface area contributed by atoms with Crippen LogP contribution in [0.4, 0.5) is 8.78 Å². The Morgan fingerprint density at radius 2 is 2.29 bits per heavy atom. The molecule has 1 unspecified atom stereocenters. The summed E-state index contributed by atoms with van der Waals surface area (Å²) in [5.41, 5.74) is 5.38. The number of amides is 1. The van der Waals surface area contributed by atoms with Gasteiger partial charge in [-0.3, -0.25) is 4.79 Å². The number of nitrogens with zero attached hydrogens (tertiary/aromatic N) is 1. The normalized spacial score (nSPS) is 22.4. The van der Waals surface area contributed by atoms with Gasteiger partial charge in [-0.1, -0.05) is 6.92 Å². The maximum Gasteiger partial charge on any atom is 0.267 e. The summed E-state index contributed by atoms with van der Waals surface area (Å²) in [6.07, 6.45) is 0.386. The Morgan fingerprint density at radius 3 is 2.64 bits per heavy atom. The van der Waals surface area contributed by atoms with Crippen LogP contribution in [-0.2, 0) is 4.79 Å². The van der Waals surface area contributed by atoms with Crippen molar-refractivity contribution in [1.29, 1.82) is 0 Å². The van der Waals surface area contributed by atoms with E-state index in [2.05, 4.69) is 0 Å². The minimum absolute atomic E-state index is 0.155. The van der Waals surface area contributed by atoms with Crippen molar-refractivity contribution >= 4 is 5.91 Å². The quantitative estimate of drug-likeness (QED) is 0.743. The molecule has 1 rings (SSSR count). The first-order valence-corrected chi connectivity index (χ1v) is 4.87. The van der Waals surface area contributed by atoms with Crippen LogP contribution in [0.1, 0.15) is 19.8 Å². The van der Waals surface area contributed by atoms with E-state index in [0.29, 0.717) is 6.42 Å². The molecule has 0 aromatic carbocycles. The molecule has 3 nitrogen and oxygen atoms in total. The second-order valence-corrected chi connectivity index (χ2v) is 3.71. The van der Waals surface area contributed by atoms with Gasteiger partial charge in [-0.05, 0) is 6.42 Å². The van der Waals surface area contributed by atoms with E-state index in [1.54, 1.807) is 0 Å². The first kappa shape index (κ1) is 11.4. The Balaban J connectivity index is 2.54. The van der Waals surface area contributed by atoms with Crippen LogP contribution in [0.25, 0.3) is 0 Å². The predicted molar refractivity (Wildman–Crippen MR) is 49.0 cm³/mol. The second-order valence-electron chi connectivity index (χ2n) is 3.71. The van der Waals surface area contributed by atoms with Gasteiger partial charge >= 0.3 is 0 Å². The number of hydrogen-bond acceptors (Lipinski definition) is 2. The number of halogens is 2. The first-order chi connectivity index (χ1) is 6.50. The zero-order chi connectivity index (χ0) is 10.8. The molecule has 1 aliphatic heterocycles. The molecule has 1 heterocycles. The smallest absolute Gasteiger partial charge is 0.267 e. The van der Waals surface area contributed by atoms with E-state index in [0.717, 1.165) is 0 Å². The monoisotopic (exact) mass is 206 g/mol. The molecule has 2 N–H and O–H groups in total. The summed E-state index contributed by atoms with van der Waals surface area (Å²) in [5, 5.41) is 0. The third-order valence-corrected chi connectivity index (χ3v) is 2.61. The number of carbonyl (C=O) groups is 1. The molecule has 0 radical (unpaired) electrons. The molecule has 5 heteroatoms. The van der Waals surface area contributed by atoms with Gasteiger partial charge in [0, 0.05) is 19.5 Å². The van der Waals surface area contributed by atoms with Crippen LogP contribution in [0.3, 0.4) is 0 Å². The summed E-state index contributed by atoms with van der Waals surface area (Å²) in [5.74, 6) is -3.24. The lowest BCUT2D eigenvalue weighted by Gasteiger charge is -2.21. The summed E-state index contributed by atoms with van der Waals surface area (Å²) in [4.78, 5) is 12.8. The van der Waals surface area contributed by atoms with Crippen molar-refractivity contribution in [3.05, 3.63) is 0 Å². The zero-order valence-corrected chi connectivity index (χ0v) is 8.30. The second kappa shape index (κ2) is 4.21. The molecule has 1 aliphatic rings. The van der Waals surface area contributed by atoms with Crippen molar-refractivity contribution in [3.8, 4) is 0 Å². The highest BCUT2D eigenvalue weighted by Crippen LogP contribution is 2.27. The average Bonchev–Trinajstić information content (AvgIpc) is 2.48. The van der Waals surface area contributed by atoms with Crippen molar-refractivity contribution in [2.75, 3.05) is 19.6 Å². The van der Waals surface area contributed by atoms with Gasteiger partial charge in [-0.25, -0.2) is 8.78 Å². The van der Waals surface area contributed by atoms with Crippen molar-refractivity contribution in [3.63, 3.8) is 0 Å². The van der Waals surface area contributed by atoms with Crippen molar-refractivity contribution in [1.82, 2.24) is 4.90 Å². The van der Waals surface area contributed by atoms with Gasteiger partial charge in [0.2, 0.25) is 5.91 Å². The van der Waals surface area contributed by atoms with Crippen molar-refractivity contribution < 1.29 is 13.6 Å². The van der Waals surface area contributed by atoms with Gasteiger partial charge in [0.15, 0.2) is 0 Å². The number of alkyl halides is 2. The Morgan fingerprint density at radius 1 is 1.64 bits per heavy atom. The van der Waals surface area contributed by atoms with E-state index in [1.165, 1.54) is 4.90 Å². The molecule has 1 amide bonds. The van der Waals surface area contributed by atoms with Crippen LogP contribution in [0.15, 0.2) is 0 Å². The Bertz CT molecular complexity index is 217. The largest absolute Gasteiger partial charge is 0.336 e. The minimum atomic E-state index is -2.71. The van der Waals surface area contributed by atoms with E-state index in [-0.39, 0.29) is 31.3 Å². The standard InChI is InChI=1S/C9H16F2N2O/c1-2-7(5-12)8(14)13-4-3-9(10,11)6-13/h7H,2-6,12H2,1H3. The lowest BCUT2D eigenvalue weighted by Crippen LogP contribution is -2.38. The molecular weight excluding hydrogens is 190 g/mol. The van der Waals surface area contributed by atoms with Crippen molar-refractivity contribution in [2.24, 2.45) is 11.7 Å². The molecule has 0 spiro atoms. The third kappa shape index (κ3) is 2.41. The van der Waals surface area contributed by atoms with Crippen LogP contribution < -0.4 is 5.73 Å².